The minimum Gasteiger partial charge on any atom is -0.457 e. The normalized spacial score (nSPS) is 10.2. The number of benzene rings is 2. The molecule has 0 fully saturated rings. The smallest absolute Gasteiger partial charge is 0.130 e. The maximum absolute atomic E-state index is 5.87. The molecule has 2 rings (SSSR count). The summed E-state index contributed by atoms with van der Waals surface area (Å²) in [4.78, 5) is 0. The lowest BCUT2D eigenvalue weighted by atomic mass is 10.2. The second kappa shape index (κ2) is 4.55. The molecule has 0 aromatic heterocycles. The maximum atomic E-state index is 5.87. The number of hydrogen-bond acceptors (Lipinski definition) is 3. The number of nitrogen functional groups attached to an aromatic ring is 2. The Morgan fingerprint density at radius 1 is 1.00 bits per heavy atom. The molecule has 0 spiro atoms. The van der Waals surface area contributed by atoms with Gasteiger partial charge in [0, 0.05) is 11.1 Å². The number of halogens is 1. The van der Waals surface area contributed by atoms with Gasteiger partial charge in [0.1, 0.15) is 11.5 Å². The lowest BCUT2D eigenvalue weighted by Gasteiger charge is -2.10. The van der Waals surface area contributed by atoms with Crippen LogP contribution in [0.25, 0.3) is 0 Å². The SMILES string of the molecule is Cc1cc(Cl)ccc1Oc1ccc(N)c(N)c1. The molecular weight excluding hydrogens is 236 g/mol. The second-order valence-electron chi connectivity index (χ2n) is 3.80. The van der Waals surface area contributed by atoms with Gasteiger partial charge in [-0.15, -0.1) is 0 Å². The topological polar surface area (TPSA) is 61.3 Å². The molecule has 0 aliphatic heterocycles. The zero-order valence-electron chi connectivity index (χ0n) is 9.41. The van der Waals surface area contributed by atoms with Gasteiger partial charge in [-0.25, -0.2) is 0 Å². The van der Waals surface area contributed by atoms with Crippen molar-refractivity contribution in [2.75, 3.05) is 11.5 Å². The van der Waals surface area contributed by atoms with Gasteiger partial charge in [-0.3, -0.25) is 0 Å². The van der Waals surface area contributed by atoms with E-state index in [0.29, 0.717) is 22.1 Å². The summed E-state index contributed by atoms with van der Waals surface area (Å²) < 4.78 is 5.71. The van der Waals surface area contributed by atoms with Crippen LogP contribution in [0, 0.1) is 6.92 Å². The molecule has 0 aliphatic rings. The van der Waals surface area contributed by atoms with Crippen molar-refractivity contribution in [3.05, 3.63) is 47.0 Å². The summed E-state index contributed by atoms with van der Waals surface area (Å²) >= 11 is 5.87. The van der Waals surface area contributed by atoms with Crippen LogP contribution in [0.1, 0.15) is 5.56 Å². The zero-order chi connectivity index (χ0) is 12.4. The highest BCUT2D eigenvalue weighted by molar-refractivity contribution is 6.30. The van der Waals surface area contributed by atoms with Gasteiger partial charge in [0.05, 0.1) is 11.4 Å². The first-order valence-corrected chi connectivity index (χ1v) is 5.53. The molecule has 0 atom stereocenters. The summed E-state index contributed by atoms with van der Waals surface area (Å²) in [5, 5.41) is 0.687. The molecule has 0 aliphatic carbocycles. The van der Waals surface area contributed by atoms with E-state index in [9.17, 15) is 0 Å². The van der Waals surface area contributed by atoms with Crippen molar-refractivity contribution in [2.45, 2.75) is 6.92 Å². The minimum absolute atomic E-state index is 0.508. The summed E-state index contributed by atoms with van der Waals surface area (Å²) in [5.41, 5.74) is 13.4. The monoisotopic (exact) mass is 248 g/mol. The lowest BCUT2D eigenvalue weighted by Crippen LogP contribution is -1.95. The Balaban J connectivity index is 2.28. The zero-order valence-corrected chi connectivity index (χ0v) is 10.2. The molecule has 0 radical (unpaired) electrons. The van der Waals surface area contributed by atoms with Crippen LogP contribution in [-0.2, 0) is 0 Å². The molecule has 0 unspecified atom stereocenters. The van der Waals surface area contributed by atoms with Crippen molar-refractivity contribution in [3.63, 3.8) is 0 Å². The van der Waals surface area contributed by atoms with Crippen LogP contribution in [0.15, 0.2) is 36.4 Å². The molecule has 4 heteroatoms. The van der Waals surface area contributed by atoms with Gasteiger partial charge in [0.25, 0.3) is 0 Å². The van der Waals surface area contributed by atoms with Crippen molar-refractivity contribution in [3.8, 4) is 11.5 Å². The van der Waals surface area contributed by atoms with Crippen LogP contribution >= 0.6 is 11.6 Å². The van der Waals surface area contributed by atoms with Crippen molar-refractivity contribution in [2.24, 2.45) is 0 Å². The third-order valence-electron chi connectivity index (χ3n) is 2.42. The molecule has 4 N–H and O–H groups in total. The molecule has 0 saturated heterocycles. The van der Waals surface area contributed by atoms with Crippen LogP contribution in [0.5, 0.6) is 11.5 Å². The third-order valence-corrected chi connectivity index (χ3v) is 2.66. The Morgan fingerprint density at radius 3 is 2.41 bits per heavy atom. The number of hydrogen-bond donors (Lipinski definition) is 2. The number of ether oxygens (including phenoxy) is 1. The van der Waals surface area contributed by atoms with Crippen LogP contribution < -0.4 is 16.2 Å². The third kappa shape index (κ3) is 2.63. The predicted octanol–water partition coefficient (Wildman–Crippen LogP) is 3.61. The first kappa shape index (κ1) is 11.6. The number of anilines is 2. The average molecular weight is 249 g/mol. The fraction of sp³-hybridized carbons (Fsp3) is 0.0769. The van der Waals surface area contributed by atoms with Crippen LogP contribution in [0.4, 0.5) is 11.4 Å². The van der Waals surface area contributed by atoms with Gasteiger partial charge in [-0.2, -0.15) is 0 Å². The van der Waals surface area contributed by atoms with E-state index in [1.807, 2.05) is 19.1 Å². The van der Waals surface area contributed by atoms with Gasteiger partial charge in [-0.05, 0) is 42.8 Å². The predicted molar refractivity (Wildman–Crippen MR) is 71.5 cm³/mol. The fourth-order valence-electron chi connectivity index (χ4n) is 1.47. The second-order valence-corrected chi connectivity index (χ2v) is 4.24. The van der Waals surface area contributed by atoms with Gasteiger partial charge < -0.3 is 16.2 Å². The first-order valence-electron chi connectivity index (χ1n) is 5.15. The Hall–Kier alpha value is -1.87. The maximum Gasteiger partial charge on any atom is 0.130 e. The Morgan fingerprint density at radius 2 is 1.76 bits per heavy atom. The Bertz CT molecular complexity index is 555. The molecule has 0 amide bonds. The first-order chi connectivity index (χ1) is 8.06. The molecule has 0 heterocycles. The quantitative estimate of drug-likeness (QED) is 0.798. The molecule has 88 valence electrons. The van der Waals surface area contributed by atoms with E-state index in [0.717, 1.165) is 11.3 Å². The summed E-state index contributed by atoms with van der Waals surface area (Å²) in [7, 11) is 0. The largest absolute Gasteiger partial charge is 0.457 e. The highest BCUT2D eigenvalue weighted by Gasteiger charge is 2.03. The van der Waals surface area contributed by atoms with E-state index in [1.54, 1.807) is 24.3 Å². The summed E-state index contributed by atoms with van der Waals surface area (Å²) in [6.07, 6.45) is 0. The number of nitrogens with two attached hydrogens (primary N) is 2. The van der Waals surface area contributed by atoms with E-state index in [1.165, 1.54) is 0 Å². The van der Waals surface area contributed by atoms with Gasteiger partial charge in [-0.1, -0.05) is 11.6 Å². The molecule has 2 aromatic rings. The molecule has 3 nitrogen and oxygen atoms in total. The van der Waals surface area contributed by atoms with Crippen LogP contribution in [0.2, 0.25) is 5.02 Å². The average Bonchev–Trinajstić information content (AvgIpc) is 2.27. The lowest BCUT2D eigenvalue weighted by molar-refractivity contribution is 0.479. The van der Waals surface area contributed by atoms with Gasteiger partial charge in [0.2, 0.25) is 0 Å². The standard InChI is InChI=1S/C13H13ClN2O/c1-8-6-9(14)2-5-13(8)17-10-3-4-11(15)12(16)7-10/h2-7H,15-16H2,1H3. The van der Waals surface area contributed by atoms with Crippen LogP contribution in [0.3, 0.4) is 0 Å². The van der Waals surface area contributed by atoms with E-state index < -0.39 is 0 Å². The number of aryl methyl sites for hydroxylation is 1. The van der Waals surface area contributed by atoms with E-state index in [4.69, 9.17) is 27.8 Å². The van der Waals surface area contributed by atoms with E-state index in [2.05, 4.69) is 0 Å². The molecule has 0 bridgehead atoms. The van der Waals surface area contributed by atoms with E-state index >= 15 is 0 Å². The summed E-state index contributed by atoms with van der Waals surface area (Å²) in [6.45, 7) is 1.93. The van der Waals surface area contributed by atoms with E-state index in [-0.39, 0.29) is 0 Å². The number of rotatable bonds is 2. The molecule has 17 heavy (non-hydrogen) atoms. The Kier molecular flexibility index (Phi) is 3.11. The molecular formula is C13H13ClN2O. The summed E-state index contributed by atoms with van der Waals surface area (Å²) in [5.74, 6) is 1.40. The van der Waals surface area contributed by atoms with Gasteiger partial charge in [0.15, 0.2) is 0 Å². The highest BCUT2D eigenvalue weighted by atomic mass is 35.5. The molecule has 0 saturated carbocycles. The van der Waals surface area contributed by atoms with Crippen molar-refractivity contribution in [1.29, 1.82) is 0 Å². The molecule has 2 aromatic carbocycles. The summed E-state index contributed by atoms with van der Waals surface area (Å²) in [6, 6.07) is 10.6. The highest BCUT2D eigenvalue weighted by Crippen LogP contribution is 2.29. The minimum atomic E-state index is 0.508. The van der Waals surface area contributed by atoms with Crippen molar-refractivity contribution < 1.29 is 4.74 Å². The van der Waals surface area contributed by atoms with Crippen LogP contribution in [-0.4, -0.2) is 0 Å². The van der Waals surface area contributed by atoms with Crippen molar-refractivity contribution >= 4 is 23.0 Å². The van der Waals surface area contributed by atoms with Gasteiger partial charge >= 0.3 is 0 Å². The fourth-order valence-corrected chi connectivity index (χ4v) is 1.70. The van der Waals surface area contributed by atoms with Crippen molar-refractivity contribution in [1.82, 2.24) is 0 Å². The Labute approximate surface area is 105 Å².